The zero-order valence-corrected chi connectivity index (χ0v) is 10.9. The SMILES string of the molecule is CC(C(=O)O)C(C)C(=O)NC1CCOC1C1CC1. The van der Waals surface area contributed by atoms with Gasteiger partial charge in [-0.25, -0.2) is 0 Å². The van der Waals surface area contributed by atoms with Crippen LogP contribution < -0.4 is 5.32 Å². The highest BCUT2D eigenvalue weighted by molar-refractivity contribution is 5.84. The van der Waals surface area contributed by atoms with Gasteiger partial charge in [0, 0.05) is 12.5 Å². The van der Waals surface area contributed by atoms with Crippen LogP contribution in [-0.2, 0) is 14.3 Å². The van der Waals surface area contributed by atoms with E-state index in [1.165, 1.54) is 12.8 Å². The molecule has 1 saturated heterocycles. The molecular formula is C13H21NO4. The quantitative estimate of drug-likeness (QED) is 0.769. The molecule has 2 aliphatic rings. The number of amides is 1. The number of ether oxygens (including phenoxy) is 1. The smallest absolute Gasteiger partial charge is 0.307 e. The number of nitrogens with one attached hydrogen (secondary N) is 1. The second kappa shape index (κ2) is 5.26. The number of hydrogen-bond acceptors (Lipinski definition) is 3. The van der Waals surface area contributed by atoms with Gasteiger partial charge in [-0.1, -0.05) is 13.8 Å². The summed E-state index contributed by atoms with van der Waals surface area (Å²) in [6.07, 6.45) is 3.33. The van der Waals surface area contributed by atoms with Crippen molar-refractivity contribution in [2.24, 2.45) is 17.8 Å². The summed E-state index contributed by atoms with van der Waals surface area (Å²) < 4.78 is 5.65. The first-order chi connectivity index (χ1) is 8.50. The highest BCUT2D eigenvalue weighted by Gasteiger charge is 2.41. The molecule has 0 aromatic carbocycles. The predicted molar refractivity (Wildman–Crippen MR) is 65.0 cm³/mol. The van der Waals surface area contributed by atoms with Crippen molar-refractivity contribution in [1.29, 1.82) is 0 Å². The summed E-state index contributed by atoms with van der Waals surface area (Å²) in [4.78, 5) is 22.9. The van der Waals surface area contributed by atoms with Crippen molar-refractivity contribution in [3.63, 3.8) is 0 Å². The van der Waals surface area contributed by atoms with Crippen LogP contribution in [0.5, 0.6) is 0 Å². The monoisotopic (exact) mass is 255 g/mol. The van der Waals surface area contributed by atoms with Crippen molar-refractivity contribution in [1.82, 2.24) is 5.32 Å². The van der Waals surface area contributed by atoms with Gasteiger partial charge in [0.05, 0.1) is 18.1 Å². The largest absolute Gasteiger partial charge is 0.481 e. The minimum atomic E-state index is -0.931. The number of aliphatic carboxylic acids is 1. The van der Waals surface area contributed by atoms with Crippen LogP contribution in [0.25, 0.3) is 0 Å². The molecule has 1 aliphatic carbocycles. The molecule has 4 atom stereocenters. The van der Waals surface area contributed by atoms with E-state index in [0.29, 0.717) is 12.5 Å². The molecule has 0 aromatic heterocycles. The van der Waals surface area contributed by atoms with Gasteiger partial charge in [0.25, 0.3) is 0 Å². The average Bonchev–Trinajstić information content (AvgIpc) is 3.08. The molecule has 5 heteroatoms. The second-order valence-electron chi connectivity index (χ2n) is 5.49. The van der Waals surface area contributed by atoms with Gasteiger partial charge in [-0.05, 0) is 25.2 Å². The molecule has 18 heavy (non-hydrogen) atoms. The second-order valence-corrected chi connectivity index (χ2v) is 5.49. The number of carbonyl (C=O) groups excluding carboxylic acids is 1. The van der Waals surface area contributed by atoms with Crippen LogP contribution in [0.1, 0.15) is 33.1 Å². The third-order valence-electron chi connectivity index (χ3n) is 4.10. The molecule has 0 bridgehead atoms. The topological polar surface area (TPSA) is 75.6 Å². The normalized spacial score (nSPS) is 30.8. The lowest BCUT2D eigenvalue weighted by atomic mass is 9.94. The highest BCUT2D eigenvalue weighted by atomic mass is 16.5. The molecule has 102 valence electrons. The Morgan fingerprint density at radius 3 is 2.44 bits per heavy atom. The Morgan fingerprint density at radius 2 is 1.89 bits per heavy atom. The van der Waals surface area contributed by atoms with E-state index < -0.39 is 17.8 Å². The first-order valence-electron chi connectivity index (χ1n) is 6.65. The van der Waals surface area contributed by atoms with Crippen LogP contribution in [0.2, 0.25) is 0 Å². The zero-order chi connectivity index (χ0) is 13.3. The predicted octanol–water partition coefficient (Wildman–Crippen LogP) is 1.03. The molecule has 5 nitrogen and oxygen atoms in total. The van der Waals surface area contributed by atoms with Gasteiger partial charge in [0.15, 0.2) is 0 Å². The molecule has 2 rings (SSSR count). The lowest BCUT2D eigenvalue weighted by molar-refractivity contribution is -0.146. The maximum absolute atomic E-state index is 12.0. The summed E-state index contributed by atoms with van der Waals surface area (Å²) in [7, 11) is 0. The zero-order valence-electron chi connectivity index (χ0n) is 10.9. The standard InChI is InChI=1S/C13H21NO4/c1-7(8(2)13(16)17)12(15)14-10-5-6-18-11(10)9-3-4-9/h7-11H,3-6H2,1-2H3,(H,14,15)(H,16,17). The molecule has 1 heterocycles. The van der Waals surface area contributed by atoms with Gasteiger partial charge in [0.2, 0.25) is 5.91 Å². The molecule has 2 N–H and O–H groups in total. The van der Waals surface area contributed by atoms with Crippen molar-refractivity contribution in [2.75, 3.05) is 6.61 Å². The van der Waals surface area contributed by atoms with Gasteiger partial charge in [-0.2, -0.15) is 0 Å². The molecule has 1 saturated carbocycles. The maximum Gasteiger partial charge on any atom is 0.307 e. The average molecular weight is 255 g/mol. The summed E-state index contributed by atoms with van der Waals surface area (Å²) in [6, 6.07) is 0.0634. The fourth-order valence-electron chi connectivity index (χ4n) is 2.41. The van der Waals surface area contributed by atoms with E-state index in [-0.39, 0.29) is 18.1 Å². The Bertz CT molecular complexity index is 340. The van der Waals surface area contributed by atoms with Crippen molar-refractivity contribution >= 4 is 11.9 Å². The van der Waals surface area contributed by atoms with Gasteiger partial charge < -0.3 is 15.2 Å². The minimum absolute atomic E-state index is 0.0634. The number of carboxylic acid groups (broad SMARTS) is 1. The molecule has 4 unspecified atom stereocenters. The molecule has 2 fully saturated rings. The molecule has 0 spiro atoms. The lowest BCUT2D eigenvalue weighted by Gasteiger charge is -2.23. The molecule has 1 amide bonds. The van der Waals surface area contributed by atoms with E-state index in [1.54, 1.807) is 13.8 Å². The van der Waals surface area contributed by atoms with Crippen LogP contribution in [0, 0.1) is 17.8 Å². The third-order valence-corrected chi connectivity index (χ3v) is 4.10. The van der Waals surface area contributed by atoms with E-state index in [9.17, 15) is 9.59 Å². The van der Waals surface area contributed by atoms with E-state index >= 15 is 0 Å². The first-order valence-corrected chi connectivity index (χ1v) is 6.65. The molecule has 1 aliphatic heterocycles. The van der Waals surface area contributed by atoms with Crippen LogP contribution >= 0.6 is 0 Å². The minimum Gasteiger partial charge on any atom is -0.481 e. The molecule has 0 radical (unpaired) electrons. The Kier molecular flexibility index (Phi) is 3.90. The summed E-state index contributed by atoms with van der Waals surface area (Å²) in [5.74, 6) is -1.69. The van der Waals surface area contributed by atoms with Crippen molar-refractivity contribution in [3.8, 4) is 0 Å². The van der Waals surface area contributed by atoms with Crippen molar-refractivity contribution in [2.45, 2.75) is 45.3 Å². The maximum atomic E-state index is 12.0. The Labute approximate surface area is 107 Å². The summed E-state index contributed by atoms with van der Waals surface area (Å²) in [5.41, 5.74) is 0. The van der Waals surface area contributed by atoms with Gasteiger partial charge in [0.1, 0.15) is 0 Å². The highest BCUT2D eigenvalue weighted by Crippen LogP contribution is 2.38. The number of hydrogen-bond donors (Lipinski definition) is 2. The first kappa shape index (κ1) is 13.3. The van der Waals surface area contributed by atoms with Crippen LogP contribution in [0.3, 0.4) is 0 Å². The molecule has 0 aromatic rings. The number of carboxylic acids is 1. The Hall–Kier alpha value is -1.10. The Morgan fingerprint density at radius 1 is 1.22 bits per heavy atom. The van der Waals surface area contributed by atoms with E-state index in [2.05, 4.69) is 5.32 Å². The number of carbonyl (C=O) groups is 2. The number of rotatable bonds is 5. The fraction of sp³-hybridized carbons (Fsp3) is 0.846. The van der Waals surface area contributed by atoms with Crippen molar-refractivity contribution < 1.29 is 19.4 Å². The van der Waals surface area contributed by atoms with E-state index in [4.69, 9.17) is 9.84 Å². The molecular weight excluding hydrogens is 234 g/mol. The van der Waals surface area contributed by atoms with Crippen LogP contribution in [0.4, 0.5) is 0 Å². The lowest BCUT2D eigenvalue weighted by Crippen LogP contribution is -2.45. The summed E-state index contributed by atoms with van der Waals surface area (Å²) in [5, 5.41) is 11.9. The van der Waals surface area contributed by atoms with Gasteiger partial charge >= 0.3 is 5.97 Å². The fourth-order valence-corrected chi connectivity index (χ4v) is 2.41. The van der Waals surface area contributed by atoms with Gasteiger partial charge in [-0.3, -0.25) is 9.59 Å². The van der Waals surface area contributed by atoms with Crippen molar-refractivity contribution in [3.05, 3.63) is 0 Å². The summed E-state index contributed by atoms with van der Waals surface area (Å²) >= 11 is 0. The van der Waals surface area contributed by atoms with E-state index in [0.717, 1.165) is 6.42 Å². The summed E-state index contributed by atoms with van der Waals surface area (Å²) in [6.45, 7) is 3.92. The van der Waals surface area contributed by atoms with E-state index in [1.807, 2.05) is 0 Å². The third kappa shape index (κ3) is 2.83. The Balaban J connectivity index is 1.88. The van der Waals surface area contributed by atoms with Crippen LogP contribution in [0.15, 0.2) is 0 Å². The van der Waals surface area contributed by atoms with Crippen LogP contribution in [-0.4, -0.2) is 35.7 Å². The van der Waals surface area contributed by atoms with Gasteiger partial charge in [-0.15, -0.1) is 0 Å².